The van der Waals surface area contributed by atoms with Crippen molar-refractivity contribution in [3.63, 3.8) is 0 Å². The van der Waals surface area contributed by atoms with Crippen molar-refractivity contribution in [1.82, 2.24) is 0 Å². The smallest absolute Gasteiger partial charge is 0.291 e. The monoisotopic (exact) mass is 398 g/mol. The zero-order valence-corrected chi connectivity index (χ0v) is 16.3. The highest BCUT2D eigenvalue weighted by Gasteiger charge is 2.33. The summed E-state index contributed by atoms with van der Waals surface area (Å²) in [6, 6.07) is 23.3. The van der Waals surface area contributed by atoms with Crippen LogP contribution in [0.5, 0.6) is 11.5 Å². The molecule has 0 atom stereocenters. The number of hydrogen-bond acceptors (Lipinski definition) is 5. The fourth-order valence-electron chi connectivity index (χ4n) is 3.16. The van der Waals surface area contributed by atoms with Crippen LogP contribution in [0.4, 0.5) is 11.4 Å². The minimum Gasteiger partial charge on any atom is -0.445 e. The van der Waals surface area contributed by atoms with E-state index < -0.39 is 11.7 Å². The molecule has 0 saturated carbocycles. The van der Waals surface area contributed by atoms with E-state index >= 15 is 0 Å². The van der Waals surface area contributed by atoms with Gasteiger partial charge in [-0.1, -0.05) is 42.5 Å². The average molecular weight is 398 g/mol. The van der Waals surface area contributed by atoms with Crippen LogP contribution in [0.15, 0.2) is 103 Å². The second kappa shape index (κ2) is 8.17. The van der Waals surface area contributed by atoms with Gasteiger partial charge in [-0.15, -0.1) is 0 Å². The lowest BCUT2D eigenvalue weighted by molar-refractivity contribution is -0.0293. The molecule has 5 nitrogen and oxygen atoms in total. The molecule has 4 rings (SSSR count). The highest BCUT2D eigenvalue weighted by Crippen LogP contribution is 2.31. The van der Waals surface area contributed by atoms with Crippen LogP contribution in [0, 0.1) is 5.92 Å². The van der Waals surface area contributed by atoms with E-state index in [-0.39, 0.29) is 5.78 Å². The molecule has 0 spiro atoms. The molecule has 0 aromatic heterocycles. The summed E-state index contributed by atoms with van der Waals surface area (Å²) in [5.41, 5.74) is 13.5. The van der Waals surface area contributed by atoms with Crippen LogP contribution in [0.1, 0.15) is 10.4 Å². The number of rotatable bonds is 6. The van der Waals surface area contributed by atoms with Crippen molar-refractivity contribution in [2.24, 2.45) is 5.92 Å². The summed E-state index contributed by atoms with van der Waals surface area (Å²) >= 11 is 0. The number of carbonyl (C=O) groups excluding carboxylic acids is 1. The number of allylic oxidation sites excluding steroid dienone is 2. The fraction of sp³-hybridized carbons (Fsp3) is 0.0800. The Hall–Kier alpha value is -3.99. The molecule has 0 heterocycles. The topological polar surface area (TPSA) is 87.6 Å². The van der Waals surface area contributed by atoms with Gasteiger partial charge in [0.2, 0.25) is 0 Å². The molecule has 3 aromatic rings. The van der Waals surface area contributed by atoms with Gasteiger partial charge in [-0.2, -0.15) is 0 Å². The standard InChI is InChI=1S/C25H22N2O3/c26-20-6-10-22(11-7-20)29-25(30-23-12-8-21(27)9-13-23)16-14-19(15-17-25)24(28)18-4-2-1-3-5-18/h1-17,19H,26-27H2. The summed E-state index contributed by atoms with van der Waals surface area (Å²) in [5.74, 6) is -0.425. The van der Waals surface area contributed by atoms with Gasteiger partial charge in [0.25, 0.3) is 5.79 Å². The number of nitrogen functional groups attached to an aromatic ring is 2. The first-order valence-corrected chi connectivity index (χ1v) is 9.60. The van der Waals surface area contributed by atoms with E-state index in [2.05, 4.69) is 0 Å². The third-order valence-corrected chi connectivity index (χ3v) is 4.75. The fourth-order valence-corrected chi connectivity index (χ4v) is 3.16. The van der Waals surface area contributed by atoms with Crippen LogP contribution < -0.4 is 20.9 Å². The molecule has 0 bridgehead atoms. The van der Waals surface area contributed by atoms with Crippen molar-refractivity contribution >= 4 is 17.2 Å². The second-order valence-corrected chi connectivity index (χ2v) is 7.04. The number of ether oxygens (including phenoxy) is 2. The lowest BCUT2D eigenvalue weighted by Gasteiger charge is -2.32. The number of Topliss-reactive ketones (excluding diaryl/α,β-unsaturated/α-hetero) is 1. The SMILES string of the molecule is Nc1ccc(OC2(Oc3ccc(N)cc3)C=CC(C(=O)c3ccccc3)C=C2)cc1. The van der Waals surface area contributed by atoms with E-state index in [1.54, 1.807) is 72.8 Å². The van der Waals surface area contributed by atoms with Crippen LogP contribution in [0.2, 0.25) is 0 Å². The Morgan fingerprint density at radius 1 is 0.700 bits per heavy atom. The van der Waals surface area contributed by atoms with E-state index in [9.17, 15) is 4.79 Å². The van der Waals surface area contributed by atoms with Gasteiger partial charge in [0.1, 0.15) is 11.5 Å². The van der Waals surface area contributed by atoms with Crippen LogP contribution >= 0.6 is 0 Å². The number of hydrogen-bond donors (Lipinski definition) is 2. The Morgan fingerprint density at radius 3 is 1.63 bits per heavy atom. The highest BCUT2D eigenvalue weighted by atomic mass is 16.7. The molecule has 150 valence electrons. The number of benzene rings is 3. The molecule has 0 saturated heterocycles. The first kappa shape index (κ1) is 19.3. The van der Waals surface area contributed by atoms with Crippen LogP contribution in [0.3, 0.4) is 0 Å². The molecule has 0 unspecified atom stereocenters. The van der Waals surface area contributed by atoms with Crippen LogP contribution in [-0.2, 0) is 0 Å². The van der Waals surface area contributed by atoms with E-state index in [1.165, 1.54) is 0 Å². The Morgan fingerprint density at radius 2 is 1.17 bits per heavy atom. The number of anilines is 2. The van der Waals surface area contributed by atoms with E-state index in [4.69, 9.17) is 20.9 Å². The number of carbonyl (C=O) groups is 1. The molecule has 4 N–H and O–H groups in total. The Kier molecular flexibility index (Phi) is 5.26. The van der Waals surface area contributed by atoms with Crippen molar-refractivity contribution in [1.29, 1.82) is 0 Å². The molecular formula is C25H22N2O3. The van der Waals surface area contributed by atoms with Crippen molar-refractivity contribution in [2.45, 2.75) is 5.79 Å². The molecule has 0 aliphatic heterocycles. The highest BCUT2D eigenvalue weighted by molar-refractivity contribution is 6.00. The van der Waals surface area contributed by atoms with Crippen LogP contribution in [-0.4, -0.2) is 11.6 Å². The average Bonchev–Trinajstić information content (AvgIpc) is 2.78. The largest absolute Gasteiger partial charge is 0.445 e. The van der Waals surface area contributed by atoms with E-state index in [0.29, 0.717) is 28.4 Å². The lowest BCUT2D eigenvalue weighted by Crippen LogP contribution is -2.40. The van der Waals surface area contributed by atoms with Gasteiger partial charge in [-0.3, -0.25) is 4.79 Å². The van der Waals surface area contributed by atoms with Gasteiger partial charge in [-0.25, -0.2) is 0 Å². The predicted molar refractivity (Wildman–Crippen MR) is 118 cm³/mol. The van der Waals surface area contributed by atoms with Crippen molar-refractivity contribution in [3.05, 3.63) is 109 Å². The Balaban J connectivity index is 1.61. The summed E-state index contributed by atoms with van der Waals surface area (Å²) in [6.07, 6.45) is 7.10. The minimum absolute atomic E-state index is 0.0108. The molecule has 1 aliphatic carbocycles. The molecule has 0 fully saturated rings. The quantitative estimate of drug-likeness (QED) is 0.274. The van der Waals surface area contributed by atoms with Gasteiger partial charge in [0.05, 0.1) is 5.92 Å². The third kappa shape index (κ3) is 4.36. The normalized spacial score (nSPS) is 14.9. The maximum atomic E-state index is 12.8. The first-order chi connectivity index (χ1) is 14.5. The van der Waals surface area contributed by atoms with Crippen molar-refractivity contribution in [2.75, 3.05) is 11.5 Å². The van der Waals surface area contributed by atoms with Gasteiger partial charge in [-0.05, 0) is 48.5 Å². The van der Waals surface area contributed by atoms with E-state index in [1.807, 2.05) is 30.3 Å². The molecule has 0 amide bonds. The molecule has 0 radical (unpaired) electrons. The van der Waals surface area contributed by atoms with Gasteiger partial charge in [0, 0.05) is 29.1 Å². The van der Waals surface area contributed by atoms with Crippen molar-refractivity contribution < 1.29 is 14.3 Å². The van der Waals surface area contributed by atoms with Gasteiger partial charge in [0.15, 0.2) is 5.78 Å². The van der Waals surface area contributed by atoms with Gasteiger partial charge < -0.3 is 20.9 Å². The maximum absolute atomic E-state index is 12.8. The zero-order valence-electron chi connectivity index (χ0n) is 16.3. The molecular weight excluding hydrogens is 376 g/mol. The summed E-state index contributed by atoms with van der Waals surface area (Å²) in [5, 5.41) is 0. The number of nitrogens with two attached hydrogens (primary N) is 2. The Bertz CT molecular complexity index is 1010. The van der Waals surface area contributed by atoms with E-state index in [0.717, 1.165) is 0 Å². The number of ketones is 1. The third-order valence-electron chi connectivity index (χ3n) is 4.75. The van der Waals surface area contributed by atoms with Gasteiger partial charge >= 0.3 is 0 Å². The first-order valence-electron chi connectivity index (χ1n) is 9.60. The maximum Gasteiger partial charge on any atom is 0.291 e. The second-order valence-electron chi connectivity index (χ2n) is 7.04. The summed E-state index contributed by atoms with van der Waals surface area (Å²) in [6.45, 7) is 0. The molecule has 1 aliphatic rings. The predicted octanol–water partition coefficient (Wildman–Crippen LogP) is 4.63. The molecule has 30 heavy (non-hydrogen) atoms. The minimum atomic E-state index is -1.21. The Labute approximate surface area is 175 Å². The summed E-state index contributed by atoms with van der Waals surface area (Å²) in [7, 11) is 0. The zero-order chi connectivity index (χ0) is 21.0. The molecule has 5 heteroatoms. The summed E-state index contributed by atoms with van der Waals surface area (Å²) in [4.78, 5) is 12.8. The lowest BCUT2D eigenvalue weighted by atomic mass is 9.92. The summed E-state index contributed by atoms with van der Waals surface area (Å²) < 4.78 is 12.3. The van der Waals surface area contributed by atoms with Crippen molar-refractivity contribution in [3.8, 4) is 11.5 Å². The molecule has 3 aromatic carbocycles. The van der Waals surface area contributed by atoms with Crippen LogP contribution in [0.25, 0.3) is 0 Å².